The molecule has 2 aliphatic rings. The highest BCUT2D eigenvalue weighted by Gasteiger charge is 2.32. The van der Waals surface area contributed by atoms with E-state index in [2.05, 4.69) is 37.0 Å². The zero-order valence-electron chi connectivity index (χ0n) is 18.3. The molecular weight excluding hydrogens is 404 g/mol. The van der Waals surface area contributed by atoms with Crippen LogP contribution in [0.5, 0.6) is 5.88 Å². The van der Waals surface area contributed by atoms with Crippen LogP contribution in [0.3, 0.4) is 0 Å². The summed E-state index contributed by atoms with van der Waals surface area (Å²) >= 11 is 0. The number of ether oxygens (including phenoxy) is 1. The van der Waals surface area contributed by atoms with Gasteiger partial charge in [0.05, 0.1) is 7.11 Å². The fourth-order valence-electron chi connectivity index (χ4n) is 4.70. The van der Waals surface area contributed by atoms with E-state index < -0.39 is 0 Å². The summed E-state index contributed by atoms with van der Waals surface area (Å²) in [6.07, 6.45) is 7.01. The molecule has 32 heavy (non-hydrogen) atoms. The molecule has 0 aliphatic carbocycles. The lowest BCUT2D eigenvalue weighted by Gasteiger charge is -2.35. The van der Waals surface area contributed by atoms with Gasteiger partial charge in [-0.2, -0.15) is 4.98 Å². The molecule has 8 nitrogen and oxygen atoms in total. The first kappa shape index (κ1) is 20.5. The Kier molecular flexibility index (Phi) is 5.75. The molecule has 166 valence electrons. The monoisotopic (exact) mass is 432 g/mol. The molecule has 1 unspecified atom stereocenters. The Bertz CT molecular complexity index is 1080. The van der Waals surface area contributed by atoms with E-state index in [1.54, 1.807) is 19.4 Å². The molecule has 0 saturated carbocycles. The summed E-state index contributed by atoms with van der Waals surface area (Å²) in [5.41, 5.74) is 2.28. The number of rotatable bonds is 5. The van der Waals surface area contributed by atoms with Gasteiger partial charge in [0.25, 0.3) is 0 Å². The van der Waals surface area contributed by atoms with Crippen LogP contribution in [0.15, 0.2) is 48.8 Å². The molecule has 1 saturated heterocycles. The molecule has 1 N–H and O–H groups in total. The van der Waals surface area contributed by atoms with Gasteiger partial charge in [-0.3, -0.25) is 4.79 Å². The van der Waals surface area contributed by atoms with E-state index in [9.17, 15) is 4.79 Å². The molecule has 2 aromatic heterocycles. The van der Waals surface area contributed by atoms with Crippen molar-refractivity contribution in [3.63, 3.8) is 0 Å². The van der Waals surface area contributed by atoms with Crippen molar-refractivity contribution in [2.75, 3.05) is 25.5 Å². The topological polar surface area (TPSA) is 85.2 Å². The van der Waals surface area contributed by atoms with Gasteiger partial charge in [-0.25, -0.2) is 9.97 Å². The van der Waals surface area contributed by atoms with Crippen LogP contribution in [0, 0.1) is 5.92 Å². The molecule has 5 rings (SSSR count). The molecule has 3 aromatic rings. The van der Waals surface area contributed by atoms with Crippen molar-refractivity contribution in [1.82, 2.24) is 24.4 Å². The largest absolute Gasteiger partial charge is 0.481 e. The zero-order valence-corrected chi connectivity index (χ0v) is 18.3. The minimum absolute atomic E-state index is 0.0362. The van der Waals surface area contributed by atoms with Crippen molar-refractivity contribution in [2.45, 2.75) is 38.3 Å². The first-order valence-corrected chi connectivity index (χ1v) is 11.2. The Morgan fingerprint density at radius 2 is 1.88 bits per heavy atom. The molecule has 1 atom stereocenters. The average molecular weight is 433 g/mol. The summed E-state index contributed by atoms with van der Waals surface area (Å²) in [4.78, 5) is 28.5. The van der Waals surface area contributed by atoms with Crippen molar-refractivity contribution in [1.29, 1.82) is 0 Å². The van der Waals surface area contributed by atoms with Crippen LogP contribution in [-0.4, -0.2) is 56.6 Å². The highest BCUT2D eigenvalue weighted by molar-refractivity contribution is 5.79. The Balaban J connectivity index is 1.17. The van der Waals surface area contributed by atoms with Gasteiger partial charge in [-0.05, 0) is 19.3 Å². The van der Waals surface area contributed by atoms with Gasteiger partial charge in [0.1, 0.15) is 5.82 Å². The fraction of sp³-hybridized carbons (Fsp3) is 0.417. The van der Waals surface area contributed by atoms with Crippen LogP contribution in [0.25, 0.3) is 11.4 Å². The van der Waals surface area contributed by atoms with Gasteiger partial charge in [0.2, 0.25) is 17.7 Å². The number of imidazole rings is 1. The molecule has 1 aromatic carbocycles. The highest BCUT2D eigenvalue weighted by atomic mass is 16.5. The second-order valence-electron chi connectivity index (χ2n) is 8.45. The number of benzene rings is 1. The predicted octanol–water partition coefficient (Wildman–Crippen LogP) is 3.01. The van der Waals surface area contributed by atoms with Crippen molar-refractivity contribution in [3.8, 4) is 17.3 Å². The van der Waals surface area contributed by atoms with Gasteiger partial charge in [-0.15, -0.1) is 0 Å². The van der Waals surface area contributed by atoms with E-state index in [0.29, 0.717) is 11.8 Å². The van der Waals surface area contributed by atoms with Crippen LogP contribution in [-0.2, 0) is 17.8 Å². The third-order valence-electron chi connectivity index (χ3n) is 6.46. The predicted molar refractivity (Wildman–Crippen MR) is 121 cm³/mol. The van der Waals surface area contributed by atoms with Crippen molar-refractivity contribution in [3.05, 3.63) is 54.5 Å². The lowest BCUT2D eigenvalue weighted by Crippen LogP contribution is -2.46. The van der Waals surface area contributed by atoms with Crippen LogP contribution in [0.1, 0.15) is 25.0 Å². The summed E-state index contributed by atoms with van der Waals surface area (Å²) in [6.45, 7) is 2.35. The van der Waals surface area contributed by atoms with E-state index in [1.807, 2.05) is 29.3 Å². The summed E-state index contributed by atoms with van der Waals surface area (Å²) in [7, 11) is 1.59. The van der Waals surface area contributed by atoms with Crippen LogP contribution < -0.4 is 10.1 Å². The SMILES string of the molecule is COc1ccnc(NC2CCN(C(=O)C3CCn4c(cnc4-c4ccccc4)C3)CC2)n1. The van der Waals surface area contributed by atoms with Crippen molar-refractivity contribution < 1.29 is 9.53 Å². The molecule has 1 amide bonds. The second kappa shape index (κ2) is 8.98. The maximum Gasteiger partial charge on any atom is 0.226 e. The van der Waals surface area contributed by atoms with Crippen LogP contribution >= 0.6 is 0 Å². The number of hydrogen-bond donors (Lipinski definition) is 1. The first-order valence-electron chi connectivity index (χ1n) is 11.2. The van der Waals surface area contributed by atoms with Crippen molar-refractivity contribution in [2.24, 2.45) is 5.92 Å². The van der Waals surface area contributed by atoms with Crippen LogP contribution in [0.4, 0.5) is 5.95 Å². The number of nitrogens with one attached hydrogen (secondary N) is 1. The number of nitrogens with zero attached hydrogens (tertiary/aromatic N) is 5. The number of hydrogen-bond acceptors (Lipinski definition) is 6. The Hall–Kier alpha value is -3.42. The summed E-state index contributed by atoms with van der Waals surface area (Å²) < 4.78 is 7.43. The number of fused-ring (bicyclic) bond motifs is 1. The number of carbonyl (C=O) groups excluding carboxylic acids is 1. The standard InChI is InChI=1S/C24H28N6O2/c1-32-21-7-11-25-24(28-21)27-19-9-12-29(13-10-19)23(31)18-8-14-30-20(15-18)16-26-22(30)17-5-3-2-4-6-17/h2-7,11,16,18-19H,8-10,12-15H2,1H3,(H,25,27,28). The molecule has 2 aliphatic heterocycles. The molecule has 0 spiro atoms. The quantitative estimate of drug-likeness (QED) is 0.667. The average Bonchev–Trinajstić information content (AvgIpc) is 3.28. The van der Waals surface area contributed by atoms with Gasteiger partial charge in [0, 0.05) is 67.7 Å². The number of anilines is 1. The molecular formula is C24H28N6O2. The van der Waals surface area contributed by atoms with Gasteiger partial charge in [0.15, 0.2) is 0 Å². The third kappa shape index (κ3) is 4.17. The number of amides is 1. The minimum Gasteiger partial charge on any atom is -0.481 e. The lowest BCUT2D eigenvalue weighted by atomic mass is 9.93. The molecule has 1 fully saturated rings. The van der Waals surface area contributed by atoms with Gasteiger partial charge >= 0.3 is 0 Å². The Morgan fingerprint density at radius 1 is 1.06 bits per heavy atom. The summed E-state index contributed by atoms with van der Waals surface area (Å²) in [6, 6.07) is 12.2. The number of piperidine rings is 1. The molecule has 8 heteroatoms. The molecule has 4 heterocycles. The number of aromatic nitrogens is 4. The summed E-state index contributed by atoms with van der Waals surface area (Å²) in [5.74, 6) is 2.42. The van der Waals surface area contributed by atoms with Crippen molar-refractivity contribution >= 4 is 11.9 Å². The number of likely N-dealkylation sites (tertiary alicyclic amines) is 1. The third-order valence-corrected chi connectivity index (χ3v) is 6.46. The Labute approximate surface area is 187 Å². The smallest absolute Gasteiger partial charge is 0.226 e. The number of methoxy groups -OCH3 is 1. The number of carbonyl (C=O) groups is 1. The summed E-state index contributed by atoms with van der Waals surface area (Å²) in [5, 5.41) is 3.37. The van der Waals surface area contributed by atoms with E-state index >= 15 is 0 Å². The van der Waals surface area contributed by atoms with Gasteiger partial charge in [-0.1, -0.05) is 30.3 Å². The lowest BCUT2D eigenvalue weighted by molar-refractivity contribution is -0.137. The molecule has 0 radical (unpaired) electrons. The zero-order chi connectivity index (χ0) is 21.9. The highest BCUT2D eigenvalue weighted by Crippen LogP contribution is 2.29. The van der Waals surface area contributed by atoms with Gasteiger partial charge < -0.3 is 19.5 Å². The second-order valence-corrected chi connectivity index (χ2v) is 8.45. The van der Waals surface area contributed by atoms with E-state index in [0.717, 1.165) is 62.4 Å². The molecule has 0 bridgehead atoms. The minimum atomic E-state index is 0.0362. The maximum absolute atomic E-state index is 13.2. The van der Waals surface area contributed by atoms with E-state index in [1.165, 1.54) is 0 Å². The van der Waals surface area contributed by atoms with E-state index in [-0.39, 0.29) is 17.9 Å². The normalized spacial score (nSPS) is 18.8. The fourth-order valence-corrected chi connectivity index (χ4v) is 4.70. The first-order chi connectivity index (χ1) is 15.7. The maximum atomic E-state index is 13.2. The van der Waals surface area contributed by atoms with E-state index in [4.69, 9.17) is 4.74 Å². The van der Waals surface area contributed by atoms with Crippen LogP contribution in [0.2, 0.25) is 0 Å². The Morgan fingerprint density at radius 3 is 2.66 bits per heavy atom.